The van der Waals surface area contributed by atoms with Crippen LogP contribution in [0.4, 0.5) is 5.69 Å². The molecular formula is C14H18ClNO3. The Morgan fingerprint density at radius 3 is 3.00 bits per heavy atom. The van der Waals surface area contributed by atoms with Crippen molar-refractivity contribution in [2.24, 2.45) is 0 Å². The monoisotopic (exact) mass is 283 g/mol. The molecule has 1 unspecified atom stereocenters. The van der Waals surface area contributed by atoms with Gasteiger partial charge < -0.3 is 14.8 Å². The maximum Gasteiger partial charge on any atom is 0.253 e. The summed E-state index contributed by atoms with van der Waals surface area (Å²) in [5, 5.41) is 3.35. The van der Waals surface area contributed by atoms with Crippen molar-refractivity contribution in [3.05, 3.63) is 22.7 Å². The van der Waals surface area contributed by atoms with Gasteiger partial charge in [-0.05, 0) is 44.4 Å². The first-order chi connectivity index (χ1) is 9.11. The van der Waals surface area contributed by atoms with Gasteiger partial charge in [0.25, 0.3) is 5.91 Å². The highest BCUT2D eigenvalue weighted by molar-refractivity contribution is 6.32. The maximum atomic E-state index is 12.0. The van der Waals surface area contributed by atoms with Gasteiger partial charge in [-0.2, -0.15) is 0 Å². The topological polar surface area (TPSA) is 47.6 Å². The van der Waals surface area contributed by atoms with E-state index in [1.54, 1.807) is 6.07 Å². The van der Waals surface area contributed by atoms with Gasteiger partial charge >= 0.3 is 0 Å². The number of halogens is 1. The molecular weight excluding hydrogens is 266 g/mol. The summed E-state index contributed by atoms with van der Waals surface area (Å²) in [4.78, 5) is 12.0. The zero-order valence-electron chi connectivity index (χ0n) is 11.2. The second kappa shape index (κ2) is 6.26. The van der Waals surface area contributed by atoms with Crippen LogP contribution in [0.25, 0.3) is 0 Å². The first kappa shape index (κ1) is 14.2. The predicted octanol–water partition coefficient (Wildman–Crippen LogP) is 3.16. The van der Waals surface area contributed by atoms with Gasteiger partial charge in [-0.15, -0.1) is 0 Å². The Hall–Kier alpha value is -1.26. The van der Waals surface area contributed by atoms with Crippen LogP contribution >= 0.6 is 11.6 Å². The minimum absolute atomic E-state index is 0.110. The zero-order chi connectivity index (χ0) is 13.8. The van der Waals surface area contributed by atoms with E-state index >= 15 is 0 Å². The molecule has 0 saturated carbocycles. The quantitative estimate of drug-likeness (QED) is 0.923. The Morgan fingerprint density at radius 2 is 2.37 bits per heavy atom. The van der Waals surface area contributed by atoms with E-state index in [4.69, 9.17) is 21.1 Å². The molecule has 1 aliphatic rings. The fourth-order valence-electron chi connectivity index (χ4n) is 2.05. The Morgan fingerprint density at radius 1 is 1.58 bits per heavy atom. The van der Waals surface area contributed by atoms with Crippen molar-refractivity contribution in [2.45, 2.75) is 32.8 Å². The number of benzene rings is 1. The first-order valence-electron chi connectivity index (χ1n) is 6.47. The van der Waals surface area contributed by atoms with Crippen molar-refractivity contribution in [2.75, 3.05) is 18.5 Å². The van der Waals surface area contributed by atoms with Gasteiger partial charge in [-0.3, -0.25) is 4.79 Å². The number of ether oxygens (including phenoxy) is 2. The molecule has 1 saturated heterocycles. The molecule has 0 aliphatic carbocycles. The number of nitrogens with one attached hydrogen (secondary N) is 1. The van der Waals surface area contributed by atoms with Gasteiger partial charge in [0, 0.05) is 12.3 Å². The average Bonchev–Trinajstić information content (AvgIpc) is 2.89. The number of anilines is 1. The van der Waals surface area contributed by atoms with Crippen LogP contribution in [0.15, 0.2) is 12.1 Å². The van der Waals surface area contributed by atoms with E-state index in [9.17, 15) is 4.79 Å². The Balaban J connectivity index is 2.11. The van der Waals surface area contributed by atoms with E-state index in [0.717, 1.165) is 18.4 Å². The van der Waals surface area contributed by atoms with Crippen LogP contribution in [0.2, 0.25) is 5.02 Å². The predicted molar refractivity (Wildman–Crippen MR) is 75.0 cm³/mol. The summed E-state index contributed by atoms with van der Waals surface area (Å²) < 4.78 is 10.8. The summed E-state index contributed by atoms with van der Waals surface area (Å²) in [5.41, 5.74) is 1.62. The molecule has 0 bridgehead atoms. The Kier molecular flexibility index (Phi) is 4.66. The number of hydrogen-bond donors (Lipinski definition) is 1. The molecule has 0 aromatic heterocycles. The molecule has 1 amide bonds. The molecule has 1 aliphatic heterocycles. The zero-order valence-corrected chi connectivity index (χ0v) is 11.9. The van der Waals surface area contributed by atoms with Gasteiger partial charge in [0.15, 0.2) is 0 Å². The van der Waals surface area contributed by atoms with Gasteiger partial charge in [0.2, 0.25) is 0 Å². The summed E-state index contributed by atoms with van der Waals surface area (Å²) in [7, 11) is 0. The van der Waals surface area contributed by atoms with Crippen LogP contribution < -0.4 is 10.1 Å². The summed E-state index contributed by atoms with van der Waals surface area (Å²) in [6.07, 6.45) is 1.36. The highest BCUT2D eigenvalue weighted by Gasteiger charge is 2.24. The number of carbonyl (C=O) groups excluding carboxylic acids is 1. The number of rotatable bonds is 4. The third kappa shape index (κ3) is 3.39. The van der Waals surface area contributed by atoms with E-state index in [-0.39, 0.29) is 12.0 Å². The van der Waals surface area contributed by atoms with Crippen LogP contribution in [0.5, 0.6) is 5.75 Å². The molecule has 19 heavy (non-hydrogen) atoms. The third-order valence-electron chi connectivity index (χ3n) is 3.06. The molecule has 1 fully saturated rings. The van der Waals surface area contributed by atoms with Crippen molar-refractivity contribution in [3.63, 3.8) is 0 Å². The first-order valence-corrected chi connectivity index (χ1v) is 6.85. The van der Waals surface area contributed by atoms with Gasteiger partial charge in [0.1, 0.15) is 11.9 Å². The number of hydrogen-bond acceptors (Lipinski definition) is 3. The fraction of sp³-hybridized carbons (Fsp3) is 0.500. The summed E-state index contributed by atoms with van der Waals surface area (Å²) in [6.45, 7) is 5.02. The minimum atomic E-state index is -0.343. The average molecular weight is 284 g/mol. The van der Waals surface area contributed by atoms with Crippen molar-refractivity contribution < 1.29 is 14.3 Å². The van der Waals surface area contributed by atoms with E-state index in [1.807, 2.05) is 19.9 Å². The molecule has 0 radical (unpaired) electrons. The van der Waals surface area contributed by atoms with Gasteiger partial charge in [0.05, 0.1) is 11.6 Å². The third-order valence-corrected chi connectivity index (χ3v) is 3.35. The highest BCUT2D eigenvalue weighted by atomic mass is 35.5. The van der Waals surface area contributed by atoms with Crippen molar-refractivity contribution in [1.82, 2.24) is 0 Å². The van der Waals surface area contributed by atoms with Gasteiger partial charge in [-0.25, -0.2) is 0 Å². The summed E-state index contributed by atoms with van der Waals surface area (Å²) in [5.74, 6) is 0.526. The lowest BCUT2D eigenvalue weighted by Crippen LogP contribution is -2.27. The van der Waals surface area contributed by atoms with E-state index in [1.165, 1.54) is 0 Å². The molecule has 1 heterocycles. The second-order valence-corrected chi connectivity index (χ2v) is 4.93. The number of aryl methyl sites for hydroxylation is 1. The highest BCUT2D eigenvalue weighted by Crippen LogP contribution is 2.31. The standard InChI is InChI=1S/C14H18ClNO3/c1-3-18-13-7-9(2)11(8-10(13)15)16-14(17)12-5-4-6-19-12/h7-8,12H,3-6H2,1-2H3,(H,16,17). The van der Waals surface area contributed by atoms with Crippen LogP contribution in [-0.2, 0) is 9.53 Å². The molecule has 1 N–H and O–H groups in total. The molecule has 1 aromatic carbocycles. The number of amides is 1. The molecule has 0 spiro atoms. The smallest absolute Gasteiger partial charge is 0.253 e. The molecule has 1 aromatic rings. The maximum absolute atomic E-state index is 12.0. The van der Waals surface area contributed by atoms with E-state index < -0.39 is 0 Å². The summed E-state index contributed by atoms with van der Waals surface area (Å²) >= 11 is 6.12. The van der Waals surface area contributed by atoms with E-state index in [2.05, 4.69) is 5.32 Å². The lowest BCUT2D eigenvalue weighted by molar-refractivity contribution is -0.124. The Labute approximate surface area is 118 Å². The van der Waals surface area contributed by atoms with Crippen molar-refractivity contribution in [3.8, 4) is 5.75 Å². The van der Waals surface area contributed by atoms with Crippen molar-refractivity contribution in [1.29, 1.82) is 0 Å². The molecule has 5 heteroatoms. The van der Waals surface area contributed by atoms with Crippen LogP contribution in [0.1, 0.15) is 25.3 Å². The van der Waals surface area contributed by atoms with Gasteiger partial charge in [-0.1, -0.05) is 11.6 Å². The normalized spacial score (nSPS) is 18.4. The lowest BCUT2D eigenvalue weighted by Gasteiger charge is -2.14. The van der Waals surface area contributed by atoms with E-state index in [0.29, 0.717) is 29.7 Å². The number of carbonyl (C=O) groups is 1. The largest absolute Gasteiger partial charge is 0.492 e. The van der Waals surface area contributed by atoms with Crippen LogP contribution in [-0.4, -0.2) is 25.2 Å². The van der Waals surface area contributed by atoms with Crippen LogP contribution in [0, 0.1) is 6.92 Å². The molecule has 1 atom stereocenters. The fourth-order valence-corrected chi connectivity index (χ4v) is 2.27. The van der Waals surface area contributed by atoms with Crippen molar-refractivity contribution >= 4 is 23.2 Å². The second-order valence-electron chi connectivity index (χ2n) is 4.52. The lowest BCUT2D eigenvalue weighted by atomic mass is 10.1. The molecule has 2 rings (SSSR count). The molecule has 104 valence electrons. The summed E-state index contributed by atoms with van der Waals surface area (Å²) in [6, 6.07) is 3.55. The Bertz CT molecular complexity index is 470. The molecule has 4 nitrogen and oxygen atoms in total. The minimum Gasteiger partial charge on any atom is -0.492 e. The SMILES string of the molecule is CCOc1cc(C)c(NC(=O)C2CCCO2)cc1Cl. The van der Waals surface area contributed by atoms with Crippen LogP contribution in [0.3, 0.4) is 0 Å².